The molecule has 0 aliphatic carbocycles. The first-order valence-corrected chi connectivity index (χ1v) is 7.75. The van der Waals surface area contributed by atoms with Gasteiger partial charge in [-0.2, -0.15) is 4.98 Å². The molecule has 0 amide bonds. The van der Waals surface area contributed by atoms with Gasteiger partial charge in [-0.3, -0.25) is 0 Å². The van der Waals surface area contributed by atoms with Crippen molar-refractivity contribution in [3.05, 3.63) is 78.4 Å². The second-order valence-electron chi connectivity index (χ2n) is 5.58. The van der Waals surface area contributed by atoms with Crippen LogP contribution in [0.5, 0.6) is 0 Å². The summed E-state index contributed by atoms with van der Waals surface area (Å²) in [5.74, 6) is -0.935. The molecule has 0 atom stereocenters. The summed E-state index contributed by atoms with van der Waals surface area (Å²) in [4.78, 5) is 15.4. The van der Waals surface area contributed by atoms with Gasteiger partial charge in [0.1, 0.15) is 5.52 Å². The maximum absolute atomic E-state index is 10.9. The van der Waals surface area contributed by atoms with Crippen LogP contribution in [0.3, 0.4) is 0 Å². The topological polar surface area (TPSA) is 75.4 Å². The fraction of sp³-hybridized carbons (Fsp3) is 0. The zero-order chi connectivity index (χ0) is 17.2. The van der Waals surface area contributed by atoms with Gasteiger partial charge in [-0.25, -0.2) is 4.79 Å². The van der Waals surface area contributed by atoms with E-state index in [-0.39, 0.29) is 5.56 Å². The molecule has 4 aromatic rings. The molecule has 3 aromatic carbocycles. The lowest BCUT2D eigenvalue weighted by atomic mass is 10.0. The van der Waals surface area contributed by atoms with Crippen molar-refractivity contribution in [2.24, 2.45) is 0 Å². The van der Waals surface area contributed by atoms with Crippen molar-refractivity contribution in [3.8, 4) is 11.1 Å². The van der Waals surface area contributed by atoms with E-state index in [9.17, 15) is 4.79 Å². The van der Waals surface area contributed by atoms with Crippen LogP contribution in [0.25, 0.3) is 22.2 Å². The Kier molecular flexibility index (Phi) is 3.67. The summed E-state index contributed by atoms with van der Waals surface area (Å²) in [5, 5.41) is 12.1. The number of oxazole rings is 1. The van der Waals surface area contributed by atoms with Gasteiger partial charge in [0.25, 0.3) is 6.01 Å². The van der Waals surface area contributed by atoms with Crippen LogP contribution in [0.2, 0.25) is 0 Å². The van der Waals surface area contributed by atoms with Crippen molar-refractivity contribution in [1.29, 1.82) is 0 Å². The summed E-state index contributed by atoms with van der Waals surface area (Å²) < 4.78 is 5.71. The van der Waals surface area contributed by atoms with E-state index in [2.05, 4.69) is 10.3 Å². The number of nitrogens with one attached hydrogen (secondary N) is 1. The number of anilines is 2. The summed E-state index contributed by atoms with van der Waals surface area (Å²) in [5.41, 5.74) is 4.46. The van der Waals surface area contributed by atoms with Crippen molar-refractivity contribution >= 4 is 28.8 Å². The summed E-state index contributed by atoms with van der Waals surface area (Å²) >= 11 is 0. The minimum atomic E-state index is -0.935. The minimum Gasteiger partial charge on any atom is -0.478 e. The fourth-order valence-electron chi connectivity index (χ4n) is 2.61. The number of carboxylic acids is 1. The lowest BCUT2D eigenvalue weighted by Gasteiger charge is -2.01. The quantitative estimate of drug-likeness (QED) is 0.554. The Labute approximate surface area is 143 Å². The van der Waals surface area contributed by atoms with Gasteiger partial charge in [0.05, 0.1) is 5.56 Å². The Morgan fingerprint density at radius 2 is 1.64 bits per heavy atom. The third kappa shape index (κ3) is 3.07. The average molecular weight is 330 g/mol. The van der Waals surface area contributed by atoms with Crippen molar-refractivity contribution in [1.82, 2.24) is 4.98 Å². The van der Waals surface area contributed by atoms with Crippen LogP contribution in [-0.2, 0) is 0 Å². The lowest BCUT2D eigenvalue weighted by Crippen LogP contribution is -1.94. The molecule has 0 spiro atoms. The van der Waals surface area contributed by atoms with Gasteiger partial charge in [0, 0.05) is 5.69 Å². The molecule has 1 heterocycles. The van der Waals surface area contributed by atoms with Crippen molar-refractivity contribution in [3.63, 3.8) is 0 Å². The van der Waals surface area contributed by atoms with E-state index in [0.717, 1.165) is 22.3 Å². The Morgan fingerprint density at radius 1 is 0.920 bits per heavy atom. The van der Waals surface area contributed by atoms with Gasteiger partial charge in [-0.1, -0.05) is 36.4 Å². The number of aromatic carboxylic acids is 1. The Morgan fingerprint density at radius 3 is 2.36 bits per heavy atom. The zero-order valence-corrected chi connectivity index (χ0v) is 13.1. The van der Waals surface area contributed by atoms with Gasteiger partial charge in [-0.05, 0) is 47.5 Å². The third-order valence-electron chi connectivity index (χ3n) is 3.88. The molecular weight excluding hydrogens is 316 g/mol. The molecule has 5 heteroatoms. The molecule has 0 unspecified atom stereocenters. The van der Waals surface area contributed by atoms with Crippen molar-refractivity contribution in [2.45, 2.75) is 0 Å². The molecule has 0 saturated carbocycles. The molecule has 122 valence electrons. The van der Waals surface area contributed by atoms with Crippen LogP contribution in [-0.4, -0.2) is 16.1 Å². The van der Waals surface area contributed by atoms with E-state index in [0.29, 0.717) is 11.6 Å². The normalized spacial score (nSPS) is 10.7. The van der Waals surface area contributed by atoms with E-state index in [4.69, 9.17) is 9.52 Å². The SMILES string of the molecule is O=C(O)c1ccc(-c2ccc3oc(Nc4ccccc4)nc3c2)cc1. The Bertz CT molecular complexity index is 1040. The molecule has 0 aliphatic heterocycles. The Hall–Kier alpha value is -3.60. The number of hydrogen-bond donors (Lipinski definition) is 2. The third-order valence-corrected chi connectivity index (χ3v) is 3.88. The molecule has 1 aromatic heterocycles. The Balaban J connectivity index is 1.65. The molecule has 4 rings (SSSR count). The number of fused-ring (bicyclic) bond motifs is 1. The molecule has 5 nitrogen and oxygen atoms in total. The summed E-state index contributed by atoms with van der Waals surface area (Å²) in [7, 11) is 0. The van der Waals surface area contributed by atoms with Crippen molar-refractivity contribution in [2.75, 3.05) is 5.32 Å². The van der Waals surface area contributed by atoms with Crippen molar-refractivity contribution < 1.29 is 14.3 Å². The number of hydrogen-bond acceptors (Lipinski definition) is 4. The predicted octanol–water partition coefficient (Wildman–Crippen LogP) is 4.94. The maximum atomic E-state index is 10.9. The first kappa shape index (κ1) is 15.0. The highest BCUT2D eigenvalue weighted by Gasteiger charge is 2.09. The summed E-state index contributed by atoms with van der Waals surface area (Å²) in [6.07, 6.45) is 0. The van der Waals surface area contributed by atoms with E-state index in [1.165, 1.54) is 0 Å². The lowest BCUT2D eigenvalue weighted by molar-refractivity contribution is 0.0697. The van der Waals surface area contributed by atoms with E-state index < -0.39 is 5.97 Å². The number of nitrogens with zero attached hydrogens (tertiary/aromatic N) is 1. The molecule has 25 heavy (non-hydrogen) atoms. The van der Waals surface area contributed by atoms with Crippen LogP contribution >= 0.6 is 0 Å². The smallest absolute Gasteiger partial charge is 0.335 e. The molecule has 0 saturated heterocycles. The number of benzene rings is 3. The van der Waals surface area contributed by atoms with Crippen LogP contribution < -0.4 is 5.32 Å². The first-order chi connectivity index (χ1) is 12.2. The molecular formula is C20H14N2O3. The number of rotatable bonds is 4. The first-order valence-electron chi connectivity index (χ1n) is 7.75. The van der Waals surface area contributed by atoms with Gasteiger partial charge in [-0.15, -0.1) is 0 Å². The van der Waals surface area contributed by atoms with Crippen LogP contribution in [0.15, 0.2) is 77.2 Å². The second-order valence-corrected chi connectivity index (χ2v) is 5.58. The second kappa shape index (κ2) is 6.13. The van der Waals surface area contributed by atoms with E-state index in [1.807, 2.05) is 48.5 Å². The summed E-state index contributed by atoms with van der Waals surface area (Å²) in [6.45, 7) is 0. The van der Waals surface area contributed by atoms with Gasteiger partial charge in [0.15, 0.2) is 5.58 Å². The number of carbonyl (C=O) groups is 1. The highest BCUT2D eigenvalue weighted by molar-refractivity contribution is 5.89. The number of aromatic nitrogens is 1. The van der Waals surface area contributed by atoms with Crippen LogP contribution in [0, 0.1) is 0 Å². The molecule has 0 bridgehead atoms. The molecule has 0 fully saturated rings. The highest BCUT2D eigenvalue weighted by Crippen LogP contribution is 2.27. The molecule has 0 aliphatic rings. The molecule has 0 radical (unpaired) electrons. The average Bonchev–Trinajstić information content (AvgIpc) is 3.04. The van der Waals surface area contributed by atoms with Gasteiger partial charge < -0.3 is 14.8 Å². The largest absolute Gasteiger partial charge is 0.478 e. The maximum Gasteiger partial charge on any atom is 0.335 e. The van der Waals surface area contributed by atoms with E-state index in [1.54, 1.807) is 24.3 Å². The zero-order valence-electron chi connectivity index (χ0n) is 13.1. The number of carboxylic acid groups (broad SMARTS) is 1. The van der Waals surface area contributed by atoms with E-state index >= 15 is 0 Å². The van der Waals surface area contributed by atoms with Gasteiger partial charge in [0.2, 0.25) is 0 Å². The van der Waals surface area contributed by atoms with Crippen LogP contribution in [0.4, 0.5) is 11.7 Å². The van der Waals surface area contributed by atoms with Crippen LogP contribution in [0.1, 0.15) is 10.4 Å². The minimum absolute atomic E-state index is 0.264. The number of para-hydroxylation sites is 1. The fourth-order valence-corrected chi connectivity index (χ4v) is 2.61. The predicted molar refractivity (Wildman–Crippen MR) is 96.1 cm³/mol. The standard InChI is InChI=1S/C20H14N2O3/c23-19(24)14-8-6-13(7-9-14)15-10-11-18-17(12-15)22-20(25-18)21-16-4-2-1-3-5-16/h1-12H,(H,21,22)(H,23,24). The summed E-state index contributed by atoms with van der Waals surface area (Å²) in [6, 6.07) is 22.6. The molecule has 2 N–H and O–H groups in total. The highest BCUT2D eigenvalue weighted by atomic mass is 16.4. The van der Waals surface area contributed by atoms with Gasteiger partial charge >= 0.3 is 5.97 Å². The monoisotopic (exact) mass is 330 g/mol.